The van der Waals surface area contributed by atoms with Crippen LogP contribution in [0.15, 0.2) is 24.3 Å². The first-order valence-corrected chi connectivity index (χ1v) is 5.96. The molecule has 1 saturated heterocycles. The molecule has 0 atom stereocenters. The highest BCUT2D eigenvalue weighted by atomic mass is 16.5. The fraction of sp³-hybridized carbons (Fsp3) is 0.462. The van der Waals surface area contributed by atoms with Gasteiger partial charge in [0.25, 0.3) is 5.91 Å². The smallest absolute Gasteiger partial charge is 0.251 e. The molecule has 92 valence electrons. The van der Waals surface area contributed by atoms with Crippen molar-refractivity contribution in [3.8, 4) is 0 Å². The van der Waals surface area contributed by atoms with Crippen LogP contribution in [0.2, 0.25) is 0 Å². The van der Waals surface area contributed by atoms with Gasteiger partial charge in [0.2, 0.25) is 0 Å². The van der Waals surface area contributed by atoms with E-state index < -0.39 is 0 Å². The molecule has 2 N–H and O–H groups in total. The summed E-state index contributed by atoms with van der Waals surface area (Å²) in [6.45, 7) is 1.62. The van der Waals surface area contributed by atoms with Crippen LogP contribution < -0.4 is 10.6 Å². The number of carbonyl (C=O) groups excluding carboxylic acids is 1. The Hall–Kier alpha value is -1.55. The molecule has 1 aromatic carbocycles. The van der Waals surface area contributed by atoms with Gasteiger partial charge in [-0.25, -0.2) is 0 Å². The lowest BCUT2D eigenvalue weighted by molar-refractivity contribution is 0.0904. The van der Waals surface area contributed by atoms with Crippen molar-refractivity contribution in [1.82, 2.24) is 5.32 Å². The van der Waals surface area contributed by atoms with Gasteiger partial charge in [-0.05, 0) is 31.0 Å². The van der Waals surface area contributed by atoms with E-state index in [1.54, 1.807) is 7.05 Å². The molecule has 2 rings (SSSR count). The molecule has 4 heteroatoms. The first kappa shape index (κ1) is 11.9. The van der Waals surface area contributed by atoms with E-state index in [0.717, 1.165) is 31.7 Å². The van der Waals surface area contributed by atoms with Crippen molar-refractivity contribution in [2.24, 2.45) is 0 Å². The number of rotatable bonds is 3. The lowest BCUT2D eigenvalue weighted by atomic mass is 10.1. The highest BCUT2D eigenvalue weighted by Crippen LogP contribution is 2.16. The summed E-state index contributed by atoms with van der Waals surface area (Å²) in [5.41, 5.74) is 1.68. The second-order valence-corrected chi connectivity index (χ2v) is 4.19. The summed E-state index contributed by atoms with van der Waals surface area (Å²) in [4.78, 5) is 11.5. The van der Waals surface area contributed by atoms with Crippen molar-refractivity contribution in [3.63, 3.8) is 0 Å². The maximum Gasteiger partial charge on any atom is 0.251 e. The minimum atomic E-state index is -0.0550. The Bertz CT molecular complexity index is 387. The predicted octanol–water partition coefficient (Wildman–Crippen LogP) is 1.64. The fourth-order valence-corrected chi connectivity index (χ4v) is 1.97. The van der Waals surface area contributed by atoms with Gasteiger partial charge in [0.15, 0.2) is 0 Å². The van der Waals surface area contributed by atoms with Crippen molar-refractivity contribution >= 4 is 11.6 Å². The molecule has 0 aromatic heterocycles. The lowest BCUT2D eigenvalue weighted by Crippen LogP contribution is -2.28. The maximum atomic E-state index is 11.5. The van der Waals surface area contributed by atoms with E-state index in [1.165, 1.54) is 0 Å². The second kappa shape index (κ2) is 5.68. The number of hydrogen-bond acceptors (Lipinski definition) is 3. The van der Waals surface area contributed by atoms with Crippen LogP contribution in [0.5, 0.6) is 0 Å². The summed E-state index contributed by atoms with van der Waals surface area (Å²) in [7, 11) is 1.64. The van der Waals surface area contributed by atoms with Gasteiger partial charge in [-0.3, -0.25) is 4.79 Å². The third-order valence-electron chi connectivity index (χ3n) is 2.94. The van der Waals surface area contributed by atoms with Gasteiger partial charge in [-0.1, -0.05) is 6.07 Å². The number of carbonyl (C=O) groups is 1. The molecule has 4 nitrogen and oxygen atoms in total. The number of ether oxygens (including phenoxy) is 1. The van der Waals surface area contributed by atoms with Crippen molar-refractivity contribution < 1.29 is 9.53 Å². The minimum Gasteiger partial charge on any atom is -0.382 e. The summed E-state index contributed by atoms with van der Waals surface area (Å²) in [6.07, 6.45) is 2.04. The fourth-order valence-electron chi connectivity index (χ4n) is 1.97. The van der Waals surface area contributed by atoms with Gasteiger partial charge in [-0.2, -0.15) is 0 Å². The van der Waals surface area contributed by atoms with Gasteiger partial charge in [0, 0.05) is 37.6 Å². The summed E-state index contributed by atoms with van der Waals surface area (Å²) in [6, 6.07) is 8.03. The molecular weight excluding hydrogens is 216 g/mol. The number of nitrogens with one attached hydrogen (secondary N) is 2. The van der Waals surface area contributed by atoms with E-state index in [4.69, 9.17) is 4.74 Å². The summed E-state index contributed by atoms with van der Waals surface area (Å²) >= 11 is 0. The molecule has 0 spiro atoms. The molecular formula is C13H18N2O2. The van der Waals surface area contributed by atoms with Crippen LogP contribution in [0.1, 0.15) is 23.2 Å². The normalized spacial score (nSPS) is 16.5. The molecule has 1 aliphatic rings. The minimum absolute atomic E-state index is 0.0550. The Morgan fingerprint density at radius 3 is 2.82 bits per heavy atom. The number of amides is 1. The zero-order valence-electron chi connectivity index (χ0n) is 10.0. The monoisotopic (exact) mass is 234 g/mol. The number of benzene rings is 1. The van der Waals surface area contributed by atoms with E-state index in [-0.39, 0.29) is 5.91 Å². The van der Waals surface area contributed by atoms with Crippen molar-refractivity contribution in [3.05, 3.63) is 29.8 Å². The van der Waals surface area contributed by atoms with E-state index in [2.05, 4.69) is 10.6 Å². The second-order valence-electron chi connectivity index (χ2n) is 4.19. The molecule has 0 bridgehead atoms. The van der Waals surface area contributed by atoms with E-state index in [9.17, 15) is 4.79 Å². The number of anilines is 1. The van der Waals surface area contributed by atoms with Gasteiger partial charge >= 0.3 is 0 Å². The molecule has 0 aliphatic carbocycles. The van der Waals surface area contributed by atoms with Crippen LogP contribution in [0, 0.1) is 0 Å². The predicted molar refractivity (Wildman–Crippen MR) is 67.3 cm³/mol. The molecule has 0 unspecified atom stereocenters. The van der Waals surface area contributed by atoms with Crippen LogP contribution in [0.25, 0.3) is 0 Å². The highest BCUT2D eigenvalue weighted by molar-refractivity contribution is 5.94. The van der Waals surface area contributed by atoms with Crippen LogP contribution >= 0.6 is 0 Å². The highest BCUT2D eigenvalue weighted by Gasteiger charge is 2.13. The Morgan fingerprint density at radius 1 is 1.35 bits per heavy atom. The zero-order chi connectivity index (χ0) is 12.1. The molecule has 17 heavy (non-hydrogen) atoms. The molecule has 1 amide bonds. The van der Waals surface area contributed by atoms with Gasteiger partial charge in [-0.15, -0.1) is 0 Å². The number of hydrogen-bond donors (Lipinski definition) is 2. The van der Waals surface area contributed by atoms with Gasteiger partial charge in [0.1, 0.15) is 0 Å². The quantitative estimate of drug-likeness (QED) is 0.836. The third kappa shape index (κ3) is 3.20. The van der Waals surface area contributed by atoms with Gasteiger partial charge < -0.3 is 15.4 Å². The van der Waals surface area contributed by atoms with Gasteiger partial charge in [0.05, 0.1) is 0 Å². The van der Waals surface area contributed by atoms with Crippen LogP contribution in [-0.4, -0.2) is 32.2 Å². The average Bonchev–Trinajstić information content (AvgIpc) is 2.39. The topological polar surface area (TPSA) is 50.4 Å². The largest absolute Gasteiger partial charge is 0.382 e. The Balaban J connectivity index is 2.02. The summed E-state index contributed by atoms with van der Waals surface area (Å²) in [5.74, 6) is -0.0550. The van der Waals surface area contributed by atoms with Crippen LogP contribution in [-0.2, 0) is 4.74 Å². The van der Waals surface area contributed by atoms with Crippen LogP contribution in [0.3, 0.4) is 0 Å². The molecule has 1 heterocycles. The van der Waals surface area contributed by atoms with Crippen molar-refractivity contribution in [2.75, 3.05) is 25.6 Å². The van der Waals surface area contributed by atoms with E-state index in [0.29, 0.717) is 11.6 Å². The Kier molecular flexibility index (Phi) is 3.98. The molecule has 1 aromatic rings. The first-order chi connectivity index (χ1) is 8.29. The maximum absolute atomic E-state index is 11.5. The summed E-state index contributed by atoms with van der Waals surface area (Å²) < 4.78 is 5.31. The van der Waals surface area contributed by atoms with E-state index >= 15 is 0 Å². The first-order valence-electron chi connectivity index (χ1n) is 5.96. The molecule has 1 aliphatic heterocycles. The standard InChI is InChI=1S/C13H18N2O2/c1-14-13(16)10-3-2-4-12(9-10)15-11-5-7-17-8-6-11/h2-4,9,11,15H,5-8H2,1H3,(H,14,16). The summed E-state index contributed by atoms with van der Waals surface area (Å²) in [5, 5.41) is 6.07. The molecule has 0 radical (unpaired) electrons. The average molecular weight is 234 g/mol. The van der Waals surface area contributed by atoms with Crippen molar-refractivity contribution in [1.29, 1.82) is 0 Å². The molecule has 0 saturated carbocycles. The third-order valence-corrected chi connectivity index (χ3v) is 2.94. The molecule has 1 fully saturated rings. The Morgan fingerprint density at radius 2 is 2.12 bits per heavy atom. The van der Waals surface area contributed by atoms with E-state index in [1.807, 2.05) is 24.3 Å². The zero-order valence-corrected chi connectivity index (χ0v) is 10.0. The SMILES string of the molecule is CNC(=O)c1cccc(NC2CCOCC2)c1. The Labute approximate surface area is 101 Å². The van der Waals surface area contributed by atoms with Crippen LogP contribution in [0.4, 0.5) is 5.69 Å². The van der Waals surface area contributed by atoms with Crippen molar-refractivity contribution in [2.45, 2.75) is 18.9 Å². The lowest BCUT2D eigenvalue weighted by Gasteiger charge is -2.24.